The maximum Gasteiger partial charge on any atom is 0.419 e. The zero-order valence-corrected chi connectivity index (χ0v) is 10.5. The maximum atomic E-state index is 13.2. The number of nitrogens with zero attached hydrogens (tertiary/aromatic N) is 2. The van der Waals surface area contributed by atoms with Crippen molar-refractivity contribution in [1.29, 1.82) is 0 Å². The summed E-state index contributed by atoms with van der Waals surface area (Å²) in [5.74, 6) is -1.29. The van der Waals surface area contributed by atoms with Crippen LogP contribution in [0.4, 0.5) is 17.6 Å². The Labute approximate surface area is 110 Å². The van der Waals surface area contributed by atoms with Crippen LogP contribution in [0.3, 0.4) is 0 Å². The van der Waals surface area contributed by atoms with Crippen molar-refractivity contribution >= 4 is 11.7 Å². The topological polar surface area (TPSA) is 37.8 Å². The van der Waals surface area contributed by atoms with Gasteiger partial charge in [-0.05, 0) is 24.7 Å². The van der Waals surface area contributed by atoms with Crippen LogP contribution in [0.5, 0.6) is 0 Å². The van der Waals surface area contributed by atoms with Crippen LogP contribution in [0.15, 0.2) is 24.4 Å². The molecule has 0 saturated carbocycles. The molecule has 8 heteroatoms. The van der Waals surface area contributed by atoms with Crippen LogP contribution in [-0.2, 0) is 6.18 Å². The highest BCUT2D eigenvalue weighted by atomic mass is 32.1. The summed E-state index contributed by atoms with van der Waals surface area (Å²) in [6, 6.07) is 2.34. The Morgan fingerprint density at radius 2 is 2.05 bits per heavy atom. The number of benzene rings is 1. The quantitative estimate of drug-likeness (QED) is 0.883. The van der Waals surface area contributed by atoms with Crippen molar-refractivity contribution in [1.82, 2.24) is 14.1 Å². The predicted octanol–water partition coefficient (Wildman–Crippen LogP) is 3.00. The highest BCUT2D eigenvalue weighted by molar-refractivity contribution is 6.99. The first-order valence-corrected chi connectivity index (χ1v) is 5.98. The van der Waals surface area contributed by atoms with Gasteiger partial charge < -0.3 is 5.32 Å². The minimum Gasteiger partial charge on any atom is -0.308 e. The molecule has 19 heavy (non-hydrogen) atoms. The van der Waals surface area contributed by atoms with Crippen molar-refractivity contribution in [3.63, 3.8) is 0 Å². The molecule has 1 aromatic carbocycles. The molecule has 0 fully saturated rings. The predicted molar refractivity (Wildman–Crippen MR) is 62.2 cm³/mol. The zero-order chi connectivity index (χ0) is 14.0. The molecule has 0 spiro atoms. The lowest BCUT2D eigenvalue weighted by Crippen LogP contribution is -2.19. The summed E-state index contributed by atoms with van der Waals surface area (Å²) in [6.45, 7) is 0. The molecule has 0 saturated heterocycles. The van der Waals surface area contributed by atoms with Crippen molar-refractivity contribution in [2.75, 3.05) is 7.05 Å². The highest BCUT2D eigenvalue weighted by Crippen LogP contribution is 2.33. The van der Waals surface area contributed by atoms with Gasteiger partial charge in [0, 0.05) is 0 Å². The number of hydrogen-bond acceptors (Lipinski definition) is 4. The van der Waals surface area contributed by atoms with Crippen LogP contribution in [0.2, 0.25) is 0 Å². The van der Waals surface area contributed by atoms with Crippen molar-refractivity contribution in [3.05, 3.63) is 47.0 Å². The highest BCUT2D eigenvalue weighted by Gasteiger charge is 2.34. The van der Waals surface area contributed by atoms with E-state index < -0.39 is 23.6 Å². The Kier molecular flexibility index (Phi) is 3.81. The third-order valence-electron chi connectivity index (χ3n) is 2.59. The van der Waals surface area contributed by atoms with Crippen LogP contribution >= 0.6 is 11.7 Å². The van der Waals surface area contributed by atoms with Gasteiger partial charge in [0.2, 0.25) is 0 Å². The first-order chi connectivity index (χ1) is 8.93. The van der Waals surface area contributed by atoms with E-state index in [9.17, 15) is 17.6 Å². The SMILES string of the molecule is CNC(c1ccc(F)c(C(F)(F)F)c1)c1cnsn1. The molecule has 2 rings (SSSR count). The monoisotopic (exact) mass is 291 g/mol. The van der Waals surface area contributed by atoms with Crippen molar-refractivity contribution < 1.29 is 17.6 Å². The summed E-state index contributed by atoms with van der Waals surface area (Å²) >= 11 is 0.955. The molecular formula is C11H9F4N3S. The smallest absolute Gasteiger partial charge is 0.308 e. The molecule has 2 aromatic rings. The van der Waals surface area contributed by atoms with Crippen molar-refractivity contribution in [2.45, 2.75) is 12.2 Å². The number of halogens is 4. The summed E-state index contributed by atoms with van der Waals surface area (Å²) in [6.07, 6.45) is -3.26. The average molecular weight is 291 g/mol. The maximum absolute atomic E-state index is 13.2. The Bertz CT molecular complexity index is 554. The Balaban J connectivity index is 2.45. The van der Waals surface area contributed by atoms with E-state index in [-0.39, 0.29) is 5.56 Å². The van der Waals surface area contributed by atoms with Gasteiger partial charge in [-0.3, -0.25) is 0 Å². The second kappa shape index (κ2) is 5.22. The van der Waals surface area contributed by atoms with E-state index in [2.05, 4.69) is 14.1 Å². The standard InChI is InChI=1S/C11H9F4N3S/c1-16-10(9-5-17-19-18-9)6-2-3-8(12)7(4-6)11(13,14)15/h2-5,10,16H,1H3. The number of alkyl halides is 3. The molecule has 0 radical (unpaired) electrons. The number of rotatable bonds is 3. The summed E-state index contributed by atoms with van der Waals surface area (Å²) < 4.78 is 58.9. The second-order valence-electron chi connectivity index (χ2n) is 3.79. The lowest BCUT2D eigenvalue weighted by molar-refractivity contribution is -0.140. The largest absolute Gasteiger partial charge is 0.419 e. The van der Waals surface area contributed by atoms with Gasteiger partial charge in [0.1, 0.15) is 5.82 Å². The van der Waals surface area contributed by atoms with Crippen LogP contribution in [-0.4, -0.2) is 15.8 Å². The zero-order valence-electron chi connectivity index (χ0n) is 9.70. The molecule has 0 aliphatic carbocycles. The van der Waals surface area contributed by atoms with Gasteiger partial charge >= 0.3 is 6.18 Å². The minimum absolute atomic E-state index is 0.281. The third kappa shape index (κ3) is 2.90. The van der Waals surface area contributed by atoms with E-state index in [1.807, 2.05) is 0 Å². The molecule has 1 aromatic heterocycles. The average Bonchev–Trinajstić information content (AvgIpc) is 2.84. The lowest BCUT2D eigenvalue weighted by Gasteiger charge is -2.16. The summed E-state index contributed by atoms with van der Waals surface area (Å²) in [5, 5.41) is 2.83. The van der Waals surface area contributed by atoms with Gasteiger partial charge in [-0.1, -0.05) is 6.07 Å². The lowest BCUT2D eigenvalue weighted by atomic mass is 10.0. The fourth-order valence-electron chi connectivity index (χ4n) is 1.72. The number of aromatic nitrogens is 2. The molecule has 1 heterocycles. The fraction of sp³-hybridized carbons (Fsp3) is 0.273. The number of hydrogen-bond donors (Lipinski definition) is 1. The minimum atomic E-state index is -4.72. The fourth-order valence-corrected chi connectivity index (χ4v) is 2.17. The van der Waals surface area contributed by atoms with E-state index in [0.29, 0.717) is 5.69 Å². The van der Waals surface area contributed by atoms with Gasteiger partial charge in [0.15, 0.2) is 0 Å². The van der Waals surface area contributed by atoms with Gasteiger partial charge in [-0.25, -0.2) is 4.39 Å². The Morgan fingerprint density at radius 1 is 1.32 bits per heavy atom. The van der Waals surface area contributed by atoms with E-state index in [0.717, 1.165) is 23.9 Å². The van der Waals surface area contributed by atoms with Gasteiger partial charge in [-0.15, -0.1) is 0 Å². The molecule has 0 bridgehead atoms. The van der Waals surface area contributed by atoms with Crippen LogP contribution in [0.25, 0.3) is 0 Å². The van der Waals surface area contributed by atoms with Gasteiger partial charge in [0.25, 0.3) is 0 Å². The van der Waals surface area contributed by atoms with E-state index in [1.165, 1.54) is 12.3 Å². The molecule has 0 amide bonds. The molecular weight excluding hydrogens is 282 g/mol. The Hall–Kier alpha value is -1.54. The summed E-state index contributed by atoms with van der Waals surface area (Å²) in [5.41, 5.74) is -0.510. The first kappa shape index (κ1) is 13.9. The first-order valence-electron chi connectivity index (χ1n) is 5.25. The van der Waals surface area contributed by atoms with Crippen LogP contribution in [0, 0.1) is 5.82 Å². The van der Waals surface area contributed by atoms with Crippen molar-refractivity contribution in [3.8, 4) is 0 Å². The molecule has 1 unspecified atom stereocenters. The molecule has 0 aliphatic rings. The second-order valence-corrected chi connectivity index (χ2v) is 4.35. The third-order valence-corrected chi connectivity index (χ3v) is 3.08. The van der Waals surface area contributed by atoms with Gasteiger partial charge in [0.05, 0.1) is 35.2 Å². The Morgan fingerprint density at radius 3 is 2.58 bits per heavy atom. The van der Waals surface area contributed by atoms with E-state index >= 15 is 0 Å². The summed E-state index contributed by atoms with van der Waals surface area (Å²) in [4.78, 5) is 0. The molecule has 3 nitrogen and oxygen atoms in total. The molecule has 1 atom stereocenters. The number of nitrogens with one attached hydrogen (secondary N) is 1. The van der Waals surface area contributed by atoms with Gasteiger partial charge in [-0.2, -0.15) is 21.9 Å². The molecule has 102 valence electrons. The van der Waals surface area contributed by atoms with Crippen molar-refractivity contribution in [2.24, 2.45) is 0 Å². The van der Waals surface area contributed by atoms with Crippen LogP contribution < -0.4 is 5.32 Å². The van der Waals surface area contributed by atoms with E-state index in [1.54, 1.807) is 7.05 Å². The molecule has 0 aliphatic heterocycles. The van der Waals surface area contributed by atoms with E-state index in [4.69, 9.17) is 0 Å². The summed E-state index contributed by atoms with van der Waals surface area (Å²) in [7, 11) is 1.58. The normalized spacial score (nSPS) is 13.5. The molecule has 1 N–H and O–H groups in total. The van der Waals surface area contributed by atoms with Crippen LogP contribution in [0.1, 0.15) is 22.9 Å².